The first-order valence-electron chi connectivity index (χ1n) is 6.88. The van der Waals surface area contributed by atoms with Gasteiger partial charge in [-0.1, -0.05) is 68.1 Å². The first-order valence-corrected chi connectivity index (χ1v) is 8.88. The molecule has 0 spiro atoms. The van der Waals surface area contributed by atoms with Crippen LogP contribution in [0, 0.1) is 6.92 Å². The molecule has 16 heavy (non-hydrogen) atoms. The first-order chi connectivity index (χ1) is 7.83. The third-order valence-electron chi connectivity index (χ3n) is 3.19. The second kappa shape index (κ2) is 8.57. The Morgan fingerprint density at radius 3 is 2.31 bits per heavy atom. The molecule has 1 rings (SSSR count). The number of rotatable bonds is 8. The lowest BCUT2D eigenvalue weighted by Crippen LogP contribution is -1.91. The molecule has 1 aromatic rings. The minimum absolute atomic E-state index is 0.294. The number of aryl methyl sites for hydroxylation is 2. The van der Waals surface area contributed by atoms with Crippen LogP contribution in [0.25, 0.3) is 0 Å². The van der Waals surface area contributed by atoms with Gasteiger partial charge in [0, 0.05) is 9.52 Å². The summed E-state index contributed by atoms with van der Waals surface area (Å²) in [5.74, 6) is 0. The normalized spacial score (nSPS) is 11.4. The number of hydrogen-bond acceptors (Lipinski definition) is 0. The Hall–Kier alpha value is -0.563. The predicted octanol–water partition coefficient (Wildman–Crippen LogP) is 4.12. The lowest BCUT2D eigenvalue weighted by molar-refractivity contribution is 0.786. The third-order valence-corrected chi connectivity index (χ3v) is 5.19. The van der Waals surface area contributed by atoms with Gasteiger partial charge in [-0.3, -0.25) is 0 Å². The fourth-order valence-corrected chi connectivity index (χ4v) is 3.96. The van der Waals surface area contributed by atoms with Crippen LogP contribution in [-0.4, -0.2) is 9.52 Å². The van der Waals surface area contributed by atoms with Crippen molar-refractivity contribution in [1.82, 2.24) is 0 Å². The van der Waals surface area contributed by atoms with E-state index in [9.17, 15) is 0 Å². The van der Waals surface area contributed by atoms with Crippen LogP contribution in [0.5, 0.6) is 0 Å². The quantitative estimate of drug-likeness (QED) is 0.469. The Kier molecular flexibility index (Phi) is 7.23. The van der Waals surface area contributed by atoms with Crippen LogP contribution in [0.4, 0.5) is 0 Å². The summed E-state index contributed by atoms with van der Waals surface area (Å²) in [7, 11) is 0.294. The van der Waals surface area contributed by atoms with Gasteiger partial charge in [0.15, 0.2) is 0 Å². The molecule has 0 aliphatic rings. The summed E-state index contributed by atoms with van der Waals surface area (Å²) in [5, 5.41) is 0. The Bertz CT molecular complexity index is 263. The summed E-state index contributed by atoms with van der Waals surface area (Å²) in [4.78, 5) is 0. The molecule has 0 nitrogen and oxygen atoms in total. The molecule has 1 heteroatoms. The second-order valence-corrected chi connectivity index (χ2v) is 6.98. The van der Waals surface area contributed by atoms with Crippen molar-refractivity contribution in [2.75, 3.05) is 0 Å². The van der Waals surface area contributed by atoms with Gasteiger partial charge >= 0.3 is 0 Å². The molecule has 0 radical (unpaired) electrons. The van der Waals surface area contributed by atoms with E-state index in [1.165, 1.54) is 43.2 Å². The van der Waals surface area contributed by atoms with Crippen molar-refractivity contribution in [2.24, 2.45) is 0 Å². The van der Waals surface area contributed by atoms with E-state index in [1.54, 1.807) is 12.1 Å². The molecular weight excluding hydrogens is 208 g/mol. The molecule has 0 N–H and O–H groups in total. The van der Waals surface area contributed by atoms with Crippen molar-refractivity contribution in [3.8, 4) is 0 Å². The Balaban J connectivity index is 2.01. The van der Waals surface area contributed by atoms with Crippen LogP contribution >= 0.6 is 0 Å². The predicted molar refractivity (Wildman–Crippen MR) is 77.2 cm³/mol. The SMILES string of the molecule is CCCC[SiH2]CCCCc1ccc(C)cc1. The van der Waals surface area contributed by atoms with E-state index >= 15 is 0 Å². The van der Waals surface area contributed by atoms with E-state index in [-0.39, 0.29) is 0 Å². The summed E-state index contributed by atoms with van der Waals surface area (Å²) in [6.07, 6.45) is 7.00. The molecule has 0 amide bonds. The number of unbranched alkanes of at least 4 members (excludes halogenated alkanes) is 2. The largest absolute Gasteiger partial charge is 0.0654 e. The second-order valence-electron chi connectivity index (χ2n) is 4.86. The number of hydrogen-bond donors (Lipinski definition) is 0. The van der Waals surface area contributed by atoms with E-state index in [0.717, 1.165) is 0 Å². The van der Waals surface area contributed by atoms with Crippen molar-refractivity contribution in [3.05, 3.63) is 35.4 Å². The van der Waals surface area contributed by atoms with Crippen LogP contribution in [0.15, 0.2) is 24.3 Å². The van der Waals surface area contributed by atoms with Crippen molar-refractivity contribution in [2.45, 2.75) is 58.0 Å². The van der Waals surface area contributed by atoms with Crippen molar-refractivity contribution in [1.29, 1.82) is 0 Å². The molecule has 1 aromatic carbocycles. The standard InChI is InChI=1S/C15H26Si/c1-3-4-12-16-13-6-5-7-15-10-8-14(2)9-11-15/h8-11H,3-7,12-13,16H2,1-2H3. The van der Waals surface area contributed by atoms with E-state index in [2.05, 4.69) is 38.1 Å². The summed E-state index contributed by atoms with van der Waals surface area (Å²) in [6, 6.07) is 12.2. The van der Waals surface area contributed by atoms with Crippen molar-refractivity contribution >= 4 is 9.52 Å². The molecule has 0 saturated carbocycles. The van der Waals surface area contributed by atoms with Gasteiger partial charge in [0.1, 0.15) is 0 Å². The zero-order valence-electron chi connectivity index (χ0n) is 11.0. The highest BCUT2D eigenvalue weighted by Crippen LogP contribution is 2.09. The van der Waals surface area contributed by atoms with Gasteiger partial charge in [0.2, 0.25) is 0 Å². The zero-order valence-corrected chi connectivity index (χ0v) is 12.4. The van der Waals surface area contributed by atoms with Crippen molar-refractivity contribution in [3.63, 3.8) is 0 Å². The third kappa shape index (κ3) is 6.11. The van der Waals surface area contributed by atoms with Gasteiger partial charge in [-0.2, -0.15) is 0 Å². The maximum atomic E-state index is 2.30. The Morgan fingerprint density at radius 1 is 0.938 bits per heavy atom. The highest BCUT2D eigenvalue weighted by molar-refractivity contribution is 6.35. The summed E-state index contributed by atoms with van der Waals surface area (Å²) in [6.45, 7) is 4.45. The van der Waals surface area contributed by atoms with Gasteiger partial charge in [0.25, 0.3) is 0 Å². The fourth-order valence-electron chi connectivity index (χ4n) is 2.04. The van der Waals surface area contributed by atoms with Crippen LogP contribution in [0.3, 0.4) is 0 Å². The van der Waals surface area contributed by atoms with Gasteiger partial charge in [-0.15, -0.1) is 0 Å². The molecule has 0 aliphatic carbocycles. The Labute approximate surface area is 103 Å². The average Bonchev–Trinajstić information content (AvgIpc) is 2.30. The summed E-state index contributed by atoms with van der Waals surface area (Å²) >= 11 is 0. The molecule has 0 aliphatic heterocycles. The van der Waals surface area contributed by atoms with Gasteiger partial charge < -0.3 is 0 Å². The highest BCUT2D eigenvalue weighted by Gasteiger charge is 1.94. The summed E-state index contributed by atoms with van der Waals surface area (Å²) < 4.78 is 0. The van der Waals surface area contributed by atoms with Gasteiger partial charge in [0.05, 0.1) is 0 Å². The molecule has 0 saturated heterocycles. The minimum Gasteiger partial charge on any atom is -0.0654 e. The van der Waals surface area contributed by atoms with Crippen LogP contribution in [0.2, 0.25) is 12.1 Å². The van der Waals surface area contributed by atoms with E-state index in [4.69, 9.17) is 0 Å². The van der Waals surface area contributed by atoms with Gasteiger partial charge in [-0.05, 0) is 25.3 Å². The van der Waals surface area contributed by atoms with Gasteiger partial charge in [-0.25, -0.2) is 0 Å². The smallest absolute Gasteiger partial charge is 0.0197 e. The zero-order chi connectivity index (χ0) is 11.6. The Morgan fingerprint density at radius 2 is 1.62 bits per heavy atom. The topological polar surface area (TPSA) is 0 Å². The summed E-state index contributed by atoms with van der Waals surface area (Å²) in [5.41, 5.74) is 2.89. The molecule has 0 unspecified atom stereocenters. The monoisotopic (exact) mass is 234 g/mol. The first kappa shape index (κ1) is 13.5. The maximum absolute atomic E-state index is 2.30. The molecular formula is C15H26Si. The maximum Gasteiger partial charge on any atom is 0.0197 e. The van der Waals surface area contributed by atoms with E-state index in [1.807, 2.05) is 0 Å². The van der Waals surface area contributed by atoms with E-state index in [0.29, 0.717) is 9.52 Å². The molecule has 0 fully saturated rings. The van der Waals surface area contributed by atoms with Crippen LogP contribution in [-0.2, 0) is 6.42 Å². The number of benzene rings is 1. The van der Waals surface area contributed by atoms with E-state index < -0.39 is 0 Å². The average molecular weight is 234 g/mol. The minimum atomic E-state index is 0.294. The lowest BCUT2D eigenvalue weighted by Gasteiger charge is -2.02. The molecule has 0 heterocycles. The highest BCUT2D eigenvalue weighted by atomic mass is 28.2. The fraction of sp³-hybridized carbons (Fsp3) is 0.600. The lowest BCUT2D eigenvalue weighted by atomic mass is 10.1. The molecule has 90 valence electrons. The molecule has 0 bridgehead atoms. The van der Waals surface area contributed by atoms with Crippen molar-refractivity contribution < 1.29 is 0 Å². The van der Waals surface area contributed by atoms with Crippen LogP contribution in [0.1, 0.15) is 43.7 Å². The molecule has 0 aromatic heterocycles. The van der Waals surface area contributed by atoms with Crippen LogP contribution < -0.4 is 0 Å². The molecule has 0 atom stereocenters.